The van der Waals surface area contributed by atoms with Gasteiger partial charge in [0.25, 0.3) is 0 Å². The summed E-state index contributed by atoms with van der Waals surface area (Å²) in [6.07, 6.45) is -4.45. The van der Waals surface area contributed by atoms with E-state index in [-0.39, 0.29) is 12.1 Å². The molecule has 0 saturated heterocycles. The van der Waals surface area contributed by atoms with Crippen LogP contribution < -0.4 is 5.32 Å². The van der Waals surface area contributed by atoms with Gasteiger partial charge in [0.2, 0.25) is 5.91 Å². The largest absolute Gasteiger partial charge is 0.416 e. The van der Waals surface area contributed by atoms with Crippen LogP contribution in [0.3, 0.4) is 0 Å². The highest BCUT2D eigenvalue weighted by Gasteiger charge is 2.30. The van der Waals surface area contributed by atoms with Crippen molar-refractivity contribution in [3.8, 4) is 11.3 Å². The first-order chi connectivity index (χ1) is 12.3. The Bertz CT molecular complexity index is 898. The summed E-state index contributed by atoms with van der Waals surface area (Å²) < 4.78 is 42.8. The number of carbonyl (C=O) groups excluding carboxylic acids is 1. The van der Waals surface area contributed by atoms with E-state index < -0.39 is 17.6 Å². The minimum atomic E-state index is -4.41. The maximum absolute atomic E-state index is 12.5. The van der Waals surface area contributed by atoms with Gasteiger partial charge in [-0.3, -0.25) is 4.79 Å². The summed E-state index contributed by atoms with van der Waals surface area (Å²) in [6, 6.07) is 13.6. The van der Waals surface area contributed by atoms with Gasteiger partial charge in [-0.15, -0.1) is 0 Å². The number of aromatic nitrogens is 1. The molecule has 0 aliphatic heterocycles. The highest BCUT2D eigenvalue weighted by atomic mass is 19.4. The molecule has 0 aliphatic carbocycles. The van der Waals surface area contributed by atoms with E-state index in [9.17, 15) is 18.0 Å². The third-order valence-electron chi connectivity index (χ3n) is 3.73. The molecule has 1 aromatic heterocycles. The molecule has 4 nitrogen and oxygen atoms in total. The standard InChI is InChI=1S/C19H15F3N2O2/c1-12-2-4-13(5-3-12)17-10-16(24-26-17)11-18(25)23-15-8-6-14(7-9-15)19(20,21)22/h2-10H,11H2,1H3,(H,23,25). The predicted molar refractivity (Wildman–Crippen MR) is 90.5 cm³/mol. The number of amides is 1. The van der Waals surface area contributed by atoms with Crippen molar-refractivity contribution >= 4 is 11.6 Å². The first-order valence-electron chi connectivity index (χ1n) is 7.81. The average molecular weight is 360 g/mol. The van der Waals surface area contributed by atoms with Gasteiger partial charge >= 0.3 is 6.18 Å². The normalized spacial score (nSPS) is 11.4. The van der Waals surface area contributed by atoms with Crippen LogP contribution in [-0.4, -0.2) is 11.1 Å². The summed E-state index contributed by atoms with van der Waals surface area (Å²) in [5.41, 5.74) is 1.91. The summed E-state index contributed by atoms with van der Waals surface area (Å²) in [7, 11) is 0. The van der Waals surface area contributed by atoms with Crippen LogP contribution in [0.1, 0.15) is 16.8 Å². The molecule has 0 bridgehead atoms. The Morgan fingerprint density at radius 2 is 1.73 bits per heavy atom. The molecule has 1 heterocycles. The lowest BCUT2D eigenvalue weighted by molar-refractivity contribution is -0.137. The zero-order chi connectivity index (χ0) is 18.7. The second kappa shape index (κ2) is 7.03. The van der Waals surface area contributed by atoms with E-state index in [2.05, 4.69) is 10.5 Å². The topological polar surface area (TPSA) is 55.1 Å². The molecule has 26 heavy (non-hydrogen) atoms. The molecule has 2 aromatic carbocycles. The lowest BCUT2D eigenvalue weighted by atomic mass is 10.1. The summed E-state index contributed by atoms with van der Waals surface area (Å²) in [6.45, 7) is 1.97. The quantitative estimate of drug-likeness (QED) is 0.724. The van der Waals surface area contributed by atoms with Crippen molar-refractivity contribution in [2.45, 2.75) is 19.5 Å². The highest BCUT2D eigenvalue weighted by molar-refractivity contribution is 5.92. The molecule has 0 fully saturated rings. The van der Waals surface area contributed by atoms with Gasteiger partial charge in [0.05, 0.1) is 17.7 Å². The van der Waals surface area contributed by atoms with Crippen LogP contribution in [0, 0.1) is 6.92 Å². The van der Waals surface area contributed by atoms with Gasteiger partial charge < -0.3 is 9.84 Å². The molecule has 134 valence electrons. The molecule has 3 aromatic rings. The lowest BCUT2D eigenvalue weighted by Gasteiger charge is -2.08. The Kier molecular flexibility index (Phi) is 4.79. The van der Waals surface area contributed by atoms with Gasteiger partial charge in [0.15, 0.2) is 5.76 Å². The Labute approximate surface area is 147 Å². The molecular formula is C19H15F3N2O2. The second-order valence-electron chi connectivity index (χ2n) is 5.85. The first-order valence-corrected chi connectivity index (χ1v) is 7.81. The minimum absolute atomic E-state index is 0.0453. The van der Waals surface area contributed by atoms with E-state index >= 15 is 0 Å². The molecular weight excluding hydrogens is 345 g/mol. The number of hydrogen-bond donors (Lipinski definition) is 1. The van der Waals surface area contributed by atoms with Crippen molar-refractivity contribution in [2.24, 2.45) is 0 Å². The summed E-state index contributed by atoms with van der Waals surface area (Å²) in [5, 5.41) is 6.40. The fourth-order valence-corrected chi connectivity index (χ4v) is 2.36. The molecule has 0 saturated carbocycles. The van der Waals surface area contributed by atoms with E-state index in [0.29, 0.717) is 11.5 Å². The lowest BCUT2D eigenvalue weighted by Crippen LogP contribution is -2.14. The smallest absolute Gasteiger partial charge is 0.356 e. The number of benzene rings is 2. The summed E-state index contributed by atoms with van der Waals surface area (Å²) >= 11 is 0. The highest BCUT2D eigenvalue weighted by Crippen LogP contribution is 2.29. The van der Waals surface area contributed by atoms with Crippen molar-refractivity contribution in [1.82, 2.24) is 5.16 Å². The number of carbonyl (C=O) groups is 1. The summed E-state index contributed by atoms with van der Waals surface area (Å²) in [4.78, 5) is 12.0. The van der Waals surface area contributed by atoms with Gasteiger partial charge in [-0.2, -0.15) is 13.2 Å². The molecule has 1 amide bonds. The van der Waals surface area contributed by atoms with Crippen LogP contribution in [0.2, 0.25) is 0 Å². The van der Waals surface area contributed by atoms with Crippen LogP contribution in [0.4, 0.5) is 18.9 Å². The van der Waals surface area contributed by atoms with Gasteiger partial charge in [0, 0.05) is 17.3 Å². The Morgan fingerprint density at radius 1 is 1.08 bits per heavy atom. The van der Waals surface area contributed by atoms with Crippen LogP contribution in [0.15, 0.2) is 59.1 Å². The van der Waals surface area contributed by atoms with Gasteiger partial charge in [0.1, 0.15) is 0 Å². The third kappa shape index (κ3) is 4.30. The summed E-state index contributed by atoms with van der Waals surface area (Å²) in [5.74, 6) is 0.149. The zero-order valence-corrected chi connectivity index (χ0v) is 13.8. The van der Waals surface area contributed by atoms with E-state index in [1.807, 2.05) is 31.2 Å². The first kappa shape index (κ1) is 17.7. The Balaban J connectivity index is 1.62. The maximum atomic E-state index is 12.5. The molecule has 3 rings (SSSR count). The Hall–Kier alpha value is -3.09. The number of hydrogen-bond acceptors (Lipinski definition) is 3. The molecule has 0 unspecified atom stereocenters. The van der Waals surface area contributed by atoms with Crippen LogP contribution in [0.5, 0.6) is 0 Å². The second-order valence-corrected chi connectivity index (χ2v) is 5.85. The number of aryl methyl sites for hydroxylation is 1. The number of alkyl halides is 3. The number of nitrogens with one attached hydrogen (secondary N) is 1. The van der Waals surface area contributed by atoms with Crippen LogP contribution in [-0.2, 0) is 17.4 Å². The molecule has 0 atom stereocenters. The van der Waals surface area contributed by atoms with Crippen molar-refractivity contribution in [3.63, 3.8) is 0 Å². The predicted octanol–water partition coefficient (Wildman–Crippen LogP) is 4.85. The number of halogens is 3. The third-order valence-corrected chi connectivity index (χ3v) is 3.73. The van der Waals surface area contributed by atoms with Gasteiger partial charge in [-0.05, 0) is 31.2 Å². The van der Waals surface area contributed by atoms with Crippen molar-refractivity contribution in [3.05, 3.63) is 71.4 Å². The molecule has 7 heteroatoms. The van der Waals surface area contributed by atoms with Crippen LogP contribution in [0.25, 0.3) is 11.3 Å². The zero-order valence-electron chi connectivity index (χ0n) is 13.8. The van der Waals surface area contributed by atoms with Crippen molar-refractivity contribution < 1.29 is 22.5 Å². The fourth-order valence-electron chi connectivity index (χ4n) is 2.36. The molecule has 0 spiro atoms. The van der Waals surface area contributed by atoms with E-state index in [1.165, 1.54) is 12.1 Å². The minimum Gasteiger partial charge on any atom is -0.356 e. The van der Waals surface area contributed by atoms with Crippen molar-refractivity contribution in [1.29, 1.82) is 0 Å². The molecule has 1 N–H and O–H groups in total. The average Bonchev–Trinajstić information content (AvgIpc) is 3.03. The van der Waals surface area contributed by atoms with E-state index in [0.717, 1.165) is 23.3 Å². The number of anilines is 1. The van der Waals surface area contributed by atoms with Gasteiger partial charge in [-0.25, -0.2) is 0 Å². The molecule has 0 aliphatic rings. The maximum Gasteiger partial charge on any atom is 0.416 e. The fraction of sp³-hybridized carbons (Fsp3) is 0.158. The SMILES string of the molecule is Cc1ccc(-c2cc(CC(=O)Nc3ccc(C(F)(F)F)cc3)no2)cc1. The molecule has 0 radical (unpaired) electrons. The van der Waals surface area contributed by atoms with Gasteiger partial charge in [-0.1, -0.05) is 35.0 Å². The van der Waals surface area contributed by atoms with E-state index in [4.69, 9.17) is 4.52 Å². The van der Waals surface area contributed by atoms with Crippen LogP contribution >= 0.6 is 0 Å². The number of nitrogens with zero attached hydrogens (tertiary/aromatic N) is 1. The monoisotopic (exact) mass is 360 g/mol. The number of rotatable bonds is 4. The van der Waals surface area contributed by atoms with Crippen molar-refractivity contribution in [2.75, 3.05) is 5.32 Å². The van der Waals surface area contributed by atoms with E-state index in [1.54, 1.807) is 6.07 Å². The Morgan fingerprint density at radius 3 is 2.35 bits per heavy atom.